The smallest absolute Gasteiger partial charge is 0.164 e. The van der Waals surface area contributed by atoms with Crippen LogP contribution in [0.25, 0.3) is 84.0 Å². The van der Waals surface area contributed by atoms with Crippen LogP contribution in [-0.4, -0.2) is 24.3 Å². The quantitative estimate of drug-likeness (QED) is 0.197. The van der Waals surface area contributed by atoms with Gasteiger partial charge in [0.05, 0.1) is 16.6 Å². The van der Waals surface area contributed by atoms with Crippen LogP contribution in [0, 0.1) is 0 Å². The van der Waals surface area contributed by atoms with Crippen molar-refractivity contribution in [2.45, 2.75) is 0 Å². The van der Waals surface area contributed by atoms with Crippen LogP contribution >= 0.6 is 0 Å². The van der Waals surface area contributed by atoms with E-state index in [1.54, 1.807) is 0 Å². The van der Waals surface area contributed by atoms with Crippen LogP contribution in [-0.2, 0) is 0 Å². The van der Waals surface area contributed by atoms with Crippen molar-refractivity contribution in [3.05, 3.63) is 164 Å². The second-order valence-electron chi connectivity index (χ2n) is 11.6. The van der Waals surface area contributed by atoms with E-state index in [-0.39, 0.29) is 0 Å². The number of benzene rings is 6. The number of imidazole rings is 1. The summed E-state index contributed by atoms with van der Waals surface area (Å²) in [5.74, 6) is 1.92. The molecule has 0 aliphatic carbocycles. The third-order valence-electron chi connectivity index (χ3n) is 8.66. The molecule has 9 rings (SSSR count). The summed E-state index contributed by atoms with van der Waals surface area (Å²) in [5.41, 5.74) is 11.5. The first-order valence-corrected chi connectivity index (χ1v) is 15.7. The Balaban J connectivity index is 1.13. The van der Waals surface area contributed by atoms with Gasteiger partial charge in [0, 0.05) is 16.7 Å². The van der Waals surface area contributed by atoms with Gasteiger partial charge in [-0.25, -0.2) is 19.9 Å². The molecule has 0 saturated heterocycles. The van der Waals surface area contributed by atoms with Crippen molar-refractivity contribution in [2.24, 2.45) is 0 Å². The molecule has 0 radical (unpaired) electrons. The summed E-state index contributed by atoms with van der Waals surface area (Å²) >= 11 is 0. The van der Waals surface area contributed by atoms with Gasteiger partial charge in [-0.2, -0.15) is 0 Å². The summed E-state index contributed by atoms with van der Waals surface area (Å²) in [6, 6.07) is 56.4. The van der Waals surface area contributed by atoms with Crippen LogP contribution in [0.3, 0.4) is 0 Å². The van der Waals surface area contributed by atoms with Gasteiger partial charge in [0.15, 0.2) is 17.5 Å². The first-order valence-electron chi connectivity index (χ1n) is 15.7. The zero-order valence-electron chi connectivity index (χ0n) is 25.3. The van der Waals surface area contributed by atoms with Crippen LogP contribution in [0.4, 0.5) is 0 Å². The van der Waals surface area contributed by atoms with Crippen molar-refractivity contribution >= 4 is 27.6 Å². The average molecular weight is 602 g/mol. The normalized spacial score (nSPS) is 11.4. The largest absolute Gasteiger partial charge is 0.292 e. The van der Waals surface area contributed by atoms with Crippen LogP contribution in [0.1, 0.15) is 0 Å². The zero-order chi connectivity index (χ0) is 31.2. The Bertz CT molecular complexity index is 2550. The van der Waals surface area contributed by atoms with E-state index in [1.165, 1.54) is 0 Å². The molecule has 0 aliphatic heterocycles. The molecule has 0 aliphatic rings. The van der Waals surface area contributed by atoms with Crippen LogP contribution < -0.4 is 0 Å². The van der Waals surface area contributed by atoms with Crippen LogP contribution in [0.2, 0.25) is 0 Å². The van der Waals surface area contributed by atoms with E-state index in [1.807, 2.05) is 48.5 Å². The number of para-hydroxylation sites is 2. The molecular formula is C42H27N5. The molecule has 0 amide bonds. The monoisotopic (exact) mass is 601 g/mol. The number of nitrogens with zero attached hydrogens (tertiary/aromatic N) is 5. The zero-order valence-corrected chi connectivity index (χ0v) is 25.3. The molecular weight excluding hydrogens is 574 g/mol. The molecule has 5 heteroatoms. The van der Waals surface area contributed by atoms with Gasteiger partial charge in [-0.15, -0.1) is 0 Å². The molecule has 3 heterocycles. The third-order valence-corrected chi connectivity index (χ3v) is 8.66. The van der Waals surface area contributed by atoms with Crippen molar-refractivity contribution in [3.63, 3.8) is 0 Å². The summed E-state index contributed by atoms with van der Waals surface area (Å²) < 4.78 is 2.23. The van der Waals surface area contributed by atoms with E-state index in [2.05, 4.69) is 120 Å². The van der Waals surface area contributed by atoms with Crippen molar-refractivity contribution in [1.29, 1.82) is 0 Å². The molecule has 0 fully saturated rings. The fourth-order valence-corrected chi connectivity index (χ4v) is 6.35. The third kappa shape index (κ3) is 4.82. The highest BCUT2D eigenvalue weighted by Gasteiger charge is 2.16. The van der Waals surface area contributed by atoms with E-state index in [0.717, 1.165) is 66.5 Å². The van der Waals surface area contributed by atoms with Gasteiger partial charge < -0.3 is 0 Å². The highest BCUT2D eigenvalue weighted by Crippen LogP contribution is 2.33. The average Bonchev–Trinajstić information content (AvgIpc) is 3.54. The molecule has 47 heavy (non-hydrogen) atoms. The summed E-state index contributed by atoms with van der Waals surface area (Å²) in [6.07, 6.45) is 0. The molecule has 5 nitrogen and oxygen atoms in total. The lowest BCUT2D eigenvalue weighted by Gasteiger charge is -2.12. The Morgan fingerprint density at radius 2 is 0.915 bits per heavy atom. The lowest BCUT2D eigenvalue weighted by atomic mass is 9.99. The molecule has 0 atom stereocenters. The van der Waals surface area contributed by atoms with Gasteiger partial charge in [-0.1, -0.05) is 127 Å². The highest BCUT2D eigenvalue weighted by molar-refractivity contribution is 5.93. The predicted octanol–water partition coefficient (Wildman–Crippen LogP) is 10.2. The Hall–Kier alpha value is -6.46. The molecule has 0 saturated carbocycles. The highest BCUT2D eigenvalue weighted by atomic mass is 15.0. The van der Waals surface area contributed by atoms with Crippen LogP contribution in [0.5, 0.6) is 0 Å². The SMILES string of the molecule is c1ccc(-c2nc(-c3ccc(-c4ccc5c(ccc6nc7ccccc7n65)c4)cc3)nc(-c3ccccc3-c3ccccc3)n2)cc1. The van der Waals surface area contributed by atoms with E-state index in [0.29, 0.717) is 17.5 Å². The number of hydrogen-bond donors (Lipinski definition) is 0. The van der Waals surface area contributed by atoms with Crippen LogP contribution in [0.15, 0.2) is 164 Å². The first-order chi connectivity index (χ1) is 23.3. The molecule has 6 aromatic carbocycles. The maximum absolute atomic E-state index is 5.05. The first kappa shape index (κ1) is 26.9. The van der Waals surface area contributed by atoms with Crippen molar-refractivity contribution < 1.29 is 0 Å². The van der Waals surface area contributed by atoms with Gasteiger partial charge in [0.25, 0.3) is 0 Å². The van der Waals surface area contributed by atoms with Crippen molar-refractivity contribution in [2.75, 3.05) is 0 Å². The fourth-order valence-electron chi connectivity index (χ4n) is 6.35. The number of pyridine rings is 1. The molecule has 9 aromatic rings. The standard InChI is InChI=1S/C42H27N5/c1-3-11-29(12-4-1)34-15-7-8-16-35(34)42-45-40(30-13-5-2-6-14-30)44-41(46-42)31-21-19-28(20-22-31)32-23-25-37-33(27-32)24-26-39-43-36-17-9-10-18-38(36)47(37)39/h1-27H. The Morgan fingerprint density at radius 1 is 0.340 bits per heavy atom. The second kappa shape index (κ2) is 11.2. The number of aromatic nitrogens is 5. The molecule has 0 spiro atoms. The fraction of sp³-hybridized carbons (Fsp3) is 0. The van der Waals surface area contributed by atoms with Crippen molar-refractivity contribution in [1.82, 2.24) is 24.3 Å². The predicted molar refractivity (Wildman–Crippen MR) is 191 cm³/mol. The minimum atomic E-state index is 0.635. The molecule has 0 N–H and O–H groups in total. The summed E-state index contributed by atoms with van der Waals surface area (Å²) in [5, 5.41) is 1.16. The Labute approximate surface area is 271 Å². The molecule has 0 unspecified atom stereocenters. The maximum Gasteiger partial charge on any atom is 0.164 e. The summed E-state index contributed by atoms with van der Waals surface area (Å²) in [6.45, 7) is 0. The summed E-state index contributed by atoms with van der Waals surface area (Å²) in [4.78, 5) is 19.8. The van der Waals surface area contributed by atoms with E-state index < -0.39 is 0 Å². The number of hydrogen-bond acceptors (Lipinski definition) is 4. The lowest BCUT2D eigenvalue weighted by Crippen LogP contribution is -2.01. The molecule has 0 bridgehead atoms. The second-order valence-corrected chi connectivity index (χ2v) is 11.6. The maximum atomic E-state index is 5.05. The van der Waals surface area contributed by atoms with Gasteiger partial charge in [-0.05, 0) is 64.0 Å². The minimum Gasteiger partial charge on any atom is -0.292 e. The Kier molecular flexibility index (Phi) is 6.39. The topological polar surface area (TPSA) is 56.0 Å². The minimum absolute atomic E-state index is 0.635. The Morgan fingerprint density at radius 3 is 1.68 bits per heavy atom. The molecule has 220 valence electrons. The number of fused-ring (bicyclic) bond motifs is 5. The van der Waals surface area contributed by atoms with Gasteiger partial charge in [-0.3, -0.25) is 4.40 Å². The van der Waals surface area contributed by atoms with E-state index in [9.17, 15) is 0 Å². The van der Waals surface area contributed by atoms with E-state index in [4.69, 9.17) is 19.9 Å². The summed E-state index contributed by atoms with van der Waals surface area (Å²) in [7, 11) is 0. The van der Waals surface area contributed by atoms with E-state index >= 15 is 0 Å². The molecule has 3 aromatic heterocycles. The number of rotatable bonds is 5. The van der Waals surface area contributed by atoms with Gasteiger partial charge in [0.2, 0.25) is 0 Å². The van der Waals surface area contributed by atoms with Crippen molar-refractivity contribution in [3.8, 4) is 56.4 Å². The van der Waals surface area contributed by atoms with Gasteiger partial charge in [0.1, 0.15) is 5.65 Å². The lowest BCUT2D eigenvalue weighted by molar-refractivity contribution is 1.07. The van der Waals surface area contributed by atoms with Gasteiger partial charge >= 0.3 is 0 Å².